The molecule has 0 spiro atoms. The van der Waals surface area contributed by atoms with Gasteiger partial charge >= 0.3 is 6.09 Å². The molecule has 0 saturated carbocycles. The van der Waals surface area contributed by atoms with E-state index in [9.17, 15) is 4.79 Å². The van der Waals surface area contributed by atoms with Crippen molar-refractivity contribution in [3.05, 3.63) is 53.6 Å². The molecule has 0 aromatic heterocycles. The Morgan fingerprint density at radius 1 is 1.04 bits per heavy atom. The van der Waals surface area contributed by atoms with Gasteiger partial charge in [-0.2, -0.15) is 5.10 Å². The quantitative estimate of drug-likeness (QED) is 0.617. The minimum Gasteiger partial charge on any atom is -0.493 e. The Morgan fingerprint density at radius 2 is 1.68 bits per heavy atom. The van der Waals surface area contributed by atoms with E-state index in [1.165, 1.54) is 27.5 Å². The van der Waals surface area contributed by atoms with E-state index < -0.39 is 6.09 Å². The summed E-state index contributed by atoms with van der Waals surface area (Å²) in [7, 11) is 4.58. The average Bonchev–Trinajstić information content (AvgIpc) is 2.66. The summed E-state index contributed by atoms with van der Waals surface area (Å²) in [6, 6.07) is 12.8. The van der Waals surface area contributed by atoms with Crippen LogP contribution in [0.5, 0.6) is 17.2 Å². The number of carbonyl (C=O) groups is 1. The van der Waals surface area contributed by atoms with Gasteiger partial charge < -0.3 is 18.9 Å². The lowest BCUT2D eigenvalue weighted by atomic mass is 10.2. The minimum atomic E-state index is -0.646. The first-order chi connectivity index (χ1) is 12.2. The Balaban J connectivity index is 1.96. The van der Waals surface area contributed by atoms with Crippen molar-refractivity contribution in [2.24, 2.45) is 5.10 Å². The molecule has 2 rings (SSSR count). The first kappa shape index (κ1) is 18.1. The molecule has 0 aliphatic heterocycles. The van der Waals surface area contributed by atoms with Crippen LogP contribution in [0.3, 0.4) is 0 Å². The smallest absolute Gasteiger partial charge is 0.428 e. The highest BCUT2D eigenvalue weighted by molar-refractivity contribution is 5.83. The number of nitrogens with one attached hydrogen (secondary N) is 1. The molecule has 0 unspecified atom stereocenters. The molecule has 0 aliphatic carbocycles. The fourth-order valence-electron chi connectivity index (χ4n) is 2.09. The lowest BCUT2D eigenvalue weighted by molar-refractivity contribution is 0.140. The van der Waals surface area contributed by atoms with Crippen LogP contribution in [0.15, 0.2) is 47.6 Å². The molecule has 7 heteroatoms. The Morgan fingerprint density at radius 3 is 2.24 bits per heavy atom. The third kappa shape index (κ3) is 5.13. The Labute approximate surface area is 146 Å². The fraction of sp³-hybridized carbons (Fsp3) is 0.222. The number of rotatable bonds is 7. The highest BCUT2D eigenvalue weighted by atomic mass is 16.6. The van der Waals surface area contributed by atoms with Gasteiger partial charge in [0.2, 0.25) is 5.75 Å². The van der Waals surface area contributed by atoms with E-state index in [0.29, 0.717) is 22.8 Å². The van der Waals surface area contributed by atoms with Crippen LogP contribution in [-0.4, -0.2) is 33.6 Å². The lowest BCUT2D eigenvalue weighted by Gasteiger charge is -2.12. The number of ether oxygens (including phenoxy) is 4. The van der Waals surface area contributed by atoms with Crippen LogP contribution in [0.25, 0.3) is 0 Å². The van der Waals surface area contributed by atoms with Crippen LogP contribution in [0.4, 0.5) is 4.79 Å². The van der Waals surface area contributed by atoms with Crippen molar-refractivity contribution in [3.8, 4) is 17.2 Å². The summed E-state index contributed by atoms with van der Waals surface area (Å²) in [5.41, 5.74) is 3.86. The summed E-state index contributed by atoms with van der Waals surface area (Å²) in [4.78, 5) is 11.6. The molecular formula is C18H20N2O5. The van der Waals surface area contributed by atoms with Crippen molar-refractivity contribution in [1.29, 1.82) is 0 Å². The summed E-state index contributed by atoms with van der Waals surface area (Å²) in [6.45, 7) is 0.173. The van der Waals surface area contributed by atoms with E-state index >= 15 is 0 Å². The standard InChI is InChI=1S/C18H20N2O5/c1-22-15-9-14(10-16(23-2)17(15)24-3)11-19-20-18(21)25-12-13-7-5-4-6-8-13/h4-11H,12H2,1-3H3,(H,20,21)/b19-11+. The van der Waals surface area contributed by atoms with E-state index in [2.05, 4.69) is 10.5 Å². The van der Waals surface area contributed by atoms with Crippen molar-refractivity contribution >= 4 is 12.3 Å². The number of amides is 1. The number of methoxy groups -OCH3 is 3. The molecule has 0 atom stereocenters. The monoisotopic (exact) mass is 344 g/mol. The van der Waals surface area contributed by atoms with E-state index in [4.69, 9.17) is 18.9 Å². The zero-order chi connectivity index (χ0) is 18.1. The van der Waals surface area contributed by atoms with Gasteiger partial charge in [0.05, 0.1) is 27.5 Å². The molecule has 0 saturated heterocycles. The summed E-state index contributed by atoms with van der Waals surface area (Å²) in [6.07, 6.45) is 0.807. The lowest BCUT2D eigenvalue weighted by Crippen LogP contribution is -2.18. The van der Waals surface area contributed by atoms with Crippen molar-refractivity contribution in [3.63, 3.8) is 0 Å². The SMILES string of the molecule is COc1cc(/C=N/NC(=O)OCc2ccccc2)cc(OC)c1OC. The molecule has 2 aromatic rings. The van der Waals surface area contributed by atoms with Crippen LogP contribution in [0.1, 0.15) is 11.1 Å². The Hall–Kier alpha value is -3.22. The molecule has 0 bridgehead atoms. The Kier molecular flexibility index (Phi) is 6.65. The molecule has 0 heterocycles. The van der Waals surface area contributed by atoms with Crippen LogP contribution in [-0.2, 0) is 11.3 Å². The molecule has 1 N–H and O–H groups in total. The van der Waals surface area contributed by atoms with Gasteiger partial charge in [0.15, 0.2) is 11.5 Å². The molecule has 25 heavy (non-hydrogen) atoms. The van der Waals surface area contributed by atoms with Gasteiger partial charge in [-0.05, 0) is 17.7 Å². The molecule has 7 nitrogen and oxygen atoms in total. The molecule has 2 aromatic carbocycles. The number of benzene rings is 2. The molecule has 0 fully saturated rings. The average molecular weight is 344 g/mol. The zero-order valence-electron chi connectivity index (χ0n) is 14.3. The van der Waals surface area contributed by atoms with E-state index in [0.717, 1.165) is 5.56 Å². The third-order valence-electron chi connectivity index (χ3n) is 3.27. The van der Waals surface area contributed by atoms with Gasteiger partial charge in [0.25, 0.3) is 0 Å². The summed E-state index contributed by atoms with van der Waals surface area (Å²) >= 11 is 0. The van der Waals surface area contributed by atoms with Gasteiger partial charge in [-0.3, -0.25) is 0 Å². The van der Waals surface area contributed by atoms with Gasteiger partial charge in [0, 0.05) is 5.56 Å². The molecule has 0 aliphatic rings. The number of carbonyl (C=O) groups excluding carboxylic acids is 1. The van der Waals surface area contributed by atoms with Crippen molar-refractivity contribution < 1.29 is 23.7 Å². The van der Waals surface area contributed by atoms with Crippen molar-refractivity contribution in [2.45, 2.75) is 6.61 Å². The van der Waals surface area contributed by atoms with Gasteiger partial charge in [-0.25, -0.2) is 10.2 Å². The third-order valence-corrected chi connectivity index (χ3v) is 3.27. The summed E-state index contributed by atoms with van der Waals surface area (Å²) in [5, 5.41) is 3.86. The maximum Gasteiger partial charge on any atom is 0.428 e. The minimum absolute atomic E-state index is 0.173. The topological polar surface area (TPSA) is 78.4 Å². The van der Waals surface area contributed by atoms with E-state index in [1.807, 2.05) is 30.3 Å². The normalized spacial score (nSPS) is 10.4. The first-order valence-electron chi connectivity index (χ1n) is 7.47. The van der Waals surface area contributed by atoms with Gasteiger partial charge in [-0.15, -0.1) is 0 Å². The van der Waals surface area contributed by atoms with Crippen LogP contribution in [0.2, 0.25) is 0 Å². The zero-order valence-corrected chi connectivity index (χ0v) is 14.3. The first-order valence-corrected chi connectivity index (χ1v) is 7.47. The maximum atomic E-state index is 11.6. The second kappa shape index (κ2) is 9.17. The predicted molar refractivity (Wildman–Crippen MR) is 93.5 cm³/mol. The number of hydrogen-bond acceptors (Lipinski definition) is 6. The second-order valence-corrected chi connectivity index (χ2v) is 4.89. The highest BCUT2D eigenvalue weighted by Gasteiger charge is 2.12. The molecule has 132 valence electrons. The number of hydrazone groups is 1. The van der Waals surface area contributed by atoms with E-state index in [-0.39, 0.29) is 6.61 Å². The van der Waals surface area contributed by atoms with Crippen LogP contribution < -0.4 is 19.6 Å². The van der Waals surface area contributed by atoms with E-state index in [1.54, 1.807) is 12.1 Å². The highest BCUT2D eigenvalue weighted by Crippen LogP contribution is 2.37. The van der Waals surface area contributed by atoms with Gasteiger partial charge in [-0.1, -0.05) is 30.3 Å². The largest absolute Gasteiger partial charge is 0.493 e. The fourth-order valence-corrected chi connectivity index (χ4v) is 2.09. The van der Waals surface area contributed by atoms with Gasteiger partial charge in [0.1, 0.15) is 6.61 Å². The Bertz CT molecular complexity index is 706. The predicted octanol–water partition coefficient (Wildman–Crippen LogP) is 2.97. The number of nitrogens with zero attached hydrogens (tertiary/aromatic N) is 1. The number of hydrogen-bond donors (Lipinski definition) is 1. The second-order valence-electron chi connectivity index (χ2n) is 4.89. The van der Waals surface area contributed by atoms with Crippen molar-refractivity contribution in [1.82, 2.24) is 5.43 Å². The summed E-state index contributed by atoms with van der Waals surface area (Å²) in [5.74, 6) is 1.47. The molecule has 0 radical (unpaired) electrons. The van der Waals surface area contributed by atoms with Crippen LogP contribution in [0, 0.1) is 0 Å². The maximum absolute atomic E-state index is 11.6. The van der Waals surface area contributed by atoms with Crippen LogP contribution >= 0.6 is 0 Å². The van der Waals surface area contributed by atoms with Crippen molar-refractivity contribution in [2.75, 3.05) is 21.3 Å². The molecule has 1 amide bonds. The summed E-state index contributed by atoms with van der Waals surface area (Å²) < 4.78 is 20.8. The molecular weight excluding hydrogens is 324 g/mol.